The third-order valence-corrected chi connectivity index (χ3v) is 7.56. The van der Waals surface area contributed by atoms with Crippen LogP contribution in [0.4, 0.5) is 0 Å². The quantitative estimate of drug-likeness (QED) is 0.716. The van der Waals surface area contributed by atoms with Crippen LogP contribution in [-0.4, -0.2) is 59.7 Å². The maximum Gasteiger partial charge on any atom is 0.261 e. The van der Waals surface area contributed by atoms with Gasteiger partial charge < -0.3 is 15.5 Å². The van der Waals surface area contributed by atoms with E-state index in [0.29, 0.717) is 30.3 Å². The third kappa shape index (κ3) is 4.37. The van der Waals surface area contributed by atoms with Crippen molar-refractivity contribution in [3.8, 4) is 0 Å². The van der Waals surface area contributed by atoms with E-state index in [2.05, 4.69) is 21.7 Å². The molecule has 2 fully saturated rings. The normalized spacial score (nSPS) is 20.2. The van der Waals surface area contributed by atoms with E-state index in [9.17, 15) is 14.4 Å². The Labute approximate surface area is 183 Å². The van der Waals surface area contributed by atoms with E-state index in [1.165, 1.54) is 23.1 Å². The Kier molecular flexibility index (Phi) is 6.38. The third-order valence-electron chi connectivity index (χ3n) is 5.44. The van der Waals surface area contributed by atoms with Crippen LogP contribution in [0.15, 0.2) is 29.3 Å². The number of thiophene rings is 1. The molecule has 2 aliphatic rings. The maximum atomic E-state index is 12.8. The number of likely N-dealkylation sites (tertiary alicyclic amines) is 1. The Morgan fingerprint density at radius 3 is 2.93 bits per heavy atom. The lowest BCUT2D eigenvalue weighted by molar-refractivity contribution is -0.131. The number of rotatable bonds is 6. The average Bonchev–Trinajstić information content (AvgIpc) is 3.47. The van der Waals surface area contributed by atoms with Crippen LogP contribution in [-0.2, 0) is 16.0 Å². The van der Waals surface area contributed by atoms with Crippen molar-refractivity contribution in [3.63, 3.8) is 0 Å². The highest BCUT2D eigenvalue weighted by Crippen LogP contribution is 2.34. The smallest absolute Gasteiger partial charge is 0.261 e. The minimum absolute atomic E-state index is 0.0420. The first-order valence-electron chi connectivity index (χ1n) is 10.1. The van der Waals surface area contributed by atoms with E-state index in [0.717, 1.165) is 39.9 Å². The molecule has 2 saturated heterocycles. The van der Waals surface area contributed by atoms with Crippen molar-refractivity contribution < 1.29 is 14.4 Å². The number of amidine groups is 1. The summed E-state index contributed by atoms with van der Waals surface area (Å²) >= 11 is 2.88. The van der Waals surface area contributed by atoms with Gasteiger partial charge in [0.25, 0.3) is 5.91 Å². The van der Waals surface area contributed by atoms with Gasteiger partial charge in [0.1, 0.15) is 0 Å². The molecule has 2 aromatic rings. The summed E-state index contributed by atoms with van der Waals surface area (Å²) in [6.45, 7) is 1.11. The molecule has 0 aliphatic carbocycles. The zero-order chi connectivity index (χ0) is 21.1. The van der Waals surface area contributed by atoms with Crippen LogP contribution < -0.4 is 10.6 Å². The molecule has 1 atom stereocenters. The van der Waals surface area contributed by atoms with Crippen molar-refractivity contribution in [1.82, 2.24) is 15.5 Å². The van der Waals surface area contributed by atoms with Crippen molar-refractivity contribution in [2.45, 2.75) is 31.7 Å². The highest BCUT2D eigenvalue weighted by atomic mass is 32.2. The largest absolute Gasteiger partial charge is 0.354 e. The number of nitrogens with zero attached hydrogens (tertiary/aromatic N) is 2. The number of nitrogens with one attached hydrogen (secondary N) is 2. The van der Waals surface area contributed by atoms with Gasteiger partial charge in [0.15, 0.2) is 5.17 Å². The molecular formula is C21H24N4O3S2. The summed E-state index contributed by atoms with van der Waals surface area (Å²) in [5.74, 6) is 0.356. The van der Waals surface area contributed by atoms with E-state index in [1.54, 1.807) is 7.05 Å². The second-order valence-electron chi connectivity index (χ2n) is 7.35. The van der Waals surface area contributed by atoms with E-state index < -0.39 is 0 Å². The summed E-state index contributed by atoms with van der Waals surface area (Å²) in [5, 5.41) is 7.13. The molecule has 2 N–H and O–H groups in total. The molecule has 30 heavy (non-hydrogen) atoms. The van der Waals surface area contributed by atoms with Crippen LogP contribution in [0.25, 0.3) is 10.1 Å². The van der Waals surface area contributed by atoms with Crippen LogP contribution in [0.1, 0.15) is 34.5 Å². The van der Waals surface area contributed by atoms with E-state index in [4.69, 9.17) is 0 Å². The molecule has 0 bridgehead atoms. The zero-order valence-corrected chi connectivity index (χ0v) is 18.4. The van der Waals surface area contributed by atoms with Gasteiger partial charge in [0, 0.05) is 30.8 Å². The molecule has 1 aromatic carbocycles. The summed E-state index contributed by atoms with van der Waals surface area (Å²) in [6.07, 6.45) is 2.90. The molecular weight excluding hydrogens is 420 g/mol. The topological polar surface area (TPSA) is 90.9 Å². The summed E-state index contributed by atoms with van der Waals surface area (Å²) in [5.41, 5.74) is 1.03. The van der Waals surface area contributed by atoms with Crippen LogP contribution in [0.2, 0.25) is 0 Å². The van der Waals surface area contributed by atoms with Gasteiger partial charge in [-0.2, -0.15) is 0 Å². The van der Waals surface area contributed by atoms with Gasteiger partial charge >= 0.3 is 0 Å². The van der Waals surface area contributed by atoms with Gasteiger partial charge in [-0.1, -0.05) is 30.0 Å². The van der Waals surface area contributed by atoms with Crippen molar-refractivity contribution in [2.24, 2.45) is 4.99 Å². The zero-order valence-electron chi connectivity index (χ0n) is 16.8. The van der Waals surface area contributed by atoms with Crippen molar-refractivity contribution >= 4 is 56.1 Å². The summed E-state index contributed by atoms with van der Waals surface area (Å²) in [4.78, 5) is 43.5. The molecule has 7 nitrogen and oxygen atoms in total. The fraction of sp³-hybridized carbons (Fsp3) is 0.429. The standard InChI is InChI=1S/C21H24N4O3S2/c1-22-20(28)19-15(14-6-2-3-7-16(14)30-19)11-13-5-4-10-25(13)18(27)8-9-23-21-24-17(26)12-29-21/h2-3,6-7,13H,4-5,8-12H2,1H3,(H,22,28)(H,23,24,26)/t13-/m1/s1. The predicted octanol–water partition coefficient (Wildman–Crippen LogP) is 2.40. The molecule has 4 rings (SSSR count). The van der Waals surface area contributed by atoms with Crippen molar-refractivity contribution in [2.75, 3.05) is 25.9 Å². The predicted molar refractivity (Wildman–Crippen MR) is 121 cm³/mol. The van der Waals surface area contributed by atoms with E-state index in [-0.39, 0.29) is 23.8 Å². The number of hydrogen-bond acceptors (Lipinski definition) is 6. The number of amides is 3. The molecule has 158 valence electrons. The Balaban J connectivity index is 1.47. The summed E-state index contributed by atoms with van der Waals surface area (Å²) in [7, 11) is 1.65. The lowest BCUT2D eigenvalue weighted by atomic mass is 10.00. The fourth-order valence-electron chi connectivity index (χ4n) is 4.02. The van der Waals surface area contributed by atoms with Crippen LogP contribution in [0, 0.1) is 0 Å². The Morgan fingerprint density at radius 2 is 2.17 bits per heavy atom. The van der Waals surface area contributed by atoms with Crippen LogP contribution in [0.5, 0.6) is 0 Å². The minimum Gasteiger partial charge on any atom is -0.354 e. The lowest BCUT2D eigenvalue weighted by Gasteiger charge is -2.25. The summed E-state index contributed by atoms with van der Waals surface area (Å²) < 4.78 is 1.09. The number of benzene rings is 1. The monoisotopic (exact) mass is 444 g/mol. The number of aliphatic imine (C=N–C) groups is 1. The number of thioether (sulfide) groups is 1. The lowest BCUT2D eigenvalue weighted by Crippen LogP contribution is -2.37. The number of carbonyl (C=O) groups is 3. The molecule has 3 amide bonds. The van der Waals surface area contributed by atoms with Crippen LogP contribution >= 0.6 is 23.1 Å². The van der Waals surface area contributed by atoms with Gasteiger partial charge in [0.05, 0.1) is 17.2 Å². The van der Waals surface area contributed by atoms with Gasteiger partial charge in [-0.3, -0.25) is 19.4 Å². The molecule has 3 heterocycles. The summed E-state index contributed by atoms with van der Waals surface area (Å²) in [6, 6.07) is 8.15. The Morgan fingerprint density at radius 1 is 1.33 bits per heavy atom. The van der Waals surface area contributed by atoms with Gasteiger partial charge in [-0.25, -0.2) is 0 Å². The number of fused-ring (bicyclic) bond motifs is 1. The molecule has 1 aromatic heterocycles. The molecule has 2 aliphatic heterocycles. The first-order chi connectivity index (χ1) is 14.6. The maximum absolute atomic E-state index is 12.8. The van der Waals surface area contributed by atoms with E-state index in [1.807, 2.05) is 23.1 Å². The Bertz CT molecular complexity index is 1020. The van der Waals surface area contributed by atoms with Gasteiger partial charge in [0.2, 0.25) is 11.8 Å². The number of hydrogen-bond donors (Lipinski definition) is 2. The fourth-order valence-corrected chi connectivity index (χ4v) is 5.91. The van der Waals surface area contributed by atoms with Gasteiger partial charge in [-0.05, 0) is 36.3 Å². The molecule has 9 heteroatoms. The highest BCUT2D eigenvalue weighted by Gasteiger charge is 2.31. The van der Waals surface area contributed by atoms with Gasteiger partial charge in [-0.15, -0.1) is 11.3 Å². The van der Waals surface area contributed by atoms with E-state index >= 15 is 0 Å². The van der Waals surface area contributed by atoms with Crippen molar-refractivity contribution in [3.05, 3.63) is 34.7 Å². The second kappa shape index (κ2) is 9.18. The van der Waals surface area contributed by atoms with Crippen molar-refractivity contribution in [1.29, 1.82) is 0 Å². The first-order valence-corrected chi connectivity index (χ1v) is 11.9. The molecule has 0 saturated carbocycles. The second-order valence-corrected chi connectivity index (χ2v) is 9.36. The number of carbonyl (C=O) groups excluding carboxylic acids is 3. The SMILES string of the molecule is CNC(=O)c1sc2ccccc2c1C[C@H]1CCCN1C(=O)CCN=C1NC(=O)CS1. The molecule has 0 spiro atoms. The van der Waals surface area contributed by atoms with Crippen LogP contribution in [0.3, 0.4) is 0 Å². The first kappa shape index (κ1) is 20.9. The minimum atomic E-state index is -0.0750. The average molecular weight is 445 g/mol. The highest BCUT2D eigenvalue weighted by molar-refractivity contribution is 8.15. The molecule has 0 unspecified atom stereocenters. The molecule has 0 radical (unpaired) electrons. The Hall–Kier alpha value is -2.39.